The SMILES string of the molecule is CC(C)c1ccccc1-c1ccc2c3ccccc3c3c[c-]c(-c4ccc([Si](C)(C)C)cn4)cc3c2c1.[2H]C([2H])([2H])c1cccc(-c2ccccc2)n1.[CH3-].[Ir]. The normalized spacial score (nSPS) is 12.2. The first kappa shape index (κ1) is 34.4. The van der Waals surface area contributed by atoms with Gasteiger partial charge in [0.05, 0.1) is 13.8 Å². The van der Waals surface area contributed by atoms with Crippen LogP contribution in [0.4, 0.5) is 0 Å². The zero-order valence-electron chi connectivity index (χ0n) is 33.7. The number of aromatic nitrogens is 2. The van der Waals surface area contributed by atoms with Gasteiger partial charge in [0.15, 0.2) is 0 Å². The molecule has 2 heterocycles. The van der Waals surface area contributed by atoms with Crippen molar-refractivity contribution in [3.05, 3.63) is 170 Å². The fourth-order valence-electron chi connectivity index (χ4n) is 6.67. The van der Waals surface area contributed by atoms with Crippen LogP contribution >= 0.6 is 0 Å². The minimum Gasteiger partial charge on any atom is -0.358 e. The molecule has 2 nitrogen and oxygen atoms in total. The number of aryl methyl sites for hydroxylation is 1. The number of nitrogens with zero attached hydrogens (tertiary/aromatic N) is 2. The summed E-state index contributed by atoms with van der Waals surface area (Å²) in [5.74, 6) is 0.464. The zero-order valence-corrected chi connectivity index (χ0v) is 34.1. The molecule has 0 fully saturated rings. The quantitative estimate of drug-likeness (QED) is 0.0978. The monoisotopic (exact) mass is 874 g/mol. The number of fused-ring (bicyclic) bond motifs is 6. The van der Waals surface area contributed by atoms with E-state index in [1.54, 1.807) is 6.07 Å². The van der Waals surface area contributed by atoms with Crippen molar-refractivity contribution < 1.29 is 24.2 Å². The van der Waals surface area contributed by atoms with Crippen molar-refractivity contribution in [3.8, 4) is 33.6 Å². The standard InChI is InChI=1S/C35H32NSi.C12H11N.CH3.Ir/c1-23(2)27-10-6-7-11-28(27)24-14-17-31-29-12-8-9-13-30(29)32-18-15-25(21-34(32)33(31)20-24)35-19-16-26(22-36-35)37(3,4)5;1-10-6-5-9-12(13-10)11-7-3-2-4-8-11;;/h6-14,16-23H,1-5H3;2-9H,1H3;1H3;/q-1;;-1;/i;1D3;;. The fourth-order valence-corrected chi connectivity index (χ4v) is 7.71. The molecule has 6 aromatic carbocycles. The Balaban J connectivity index is 0.000000272. The van der Waals surface area contributed by atoms with Gasteiger partial charge in [0, 0.05) is 41.7 Å². The summed E-state index contributed by atoms with van der Waals surface area (Å²) in [6.07, 6.45) is 2.07. The van der Waals surface area contributed by atoms with E-state index in [-0.39, 0.29) is 33.2 Å². The van der Waals surface area contributed by atoms with Crippen LogP contribution in [0.15, 0.2) is 146 Å². The van der Waals surface area contributed by atoms with Gasteiger partial charge in [0.1, 0.15) is 0 Å². The average Bonchev–Trinajstić information content (AvgIpc) is 3.17. The van der Waals surface area contributed by atoms with Crippen molar-refractivity contribution >= 4 is 45.6 Å². The van der Waals surface area contributed by atoms with Crippen LogP contribution in [0.25, 0.3) is 66.0 Å². The maximum absolute atomic E-state index is 7.30. The van der Waals surface area contributed by atoms with Crippen LogP contribution in [0.1, 0.15) is 35.1 Å². The minimum absolute atomic E-state index is 0. The smallest absolute Gasteiger partial charge is 0.0795 e. The molecule has 2 aromatic heterocycles. The Kier molecular flexibility index (Phi) is 10.8. The molecule has 0 aliphatic heterocycles. The van der Waals surface area contributed by atoms with E-state index in [1.165, 1.54) is 60.3 Å². The van der Waals surface area contributed by atoms with Crippen LogP contribution in [-0.4, -0.2) is 18.0 Å². The molecule has 0 N–H and O–H groups in total. The Hall–Kier alpha value is -4.73. The number of pyridine rings is 2. The first-order valence-electron chi connectivity index (χ1n) is 18.8. The van der Waals surface area contributed by atoms with E-state index in [9.17, 15) is 0 Å². The number of benzene rings is 6. The third-order valence-electron chi connectivity index (χ3n) is 9.39. The molecule has 8 aromatic rings. The van der Waals surface area contributed by atoms with Gasteiger partial charge < -0.3 is 12.4 Å². The van der Waals surface area contributed by atoms with E-state index < -0.39 is 14.9 Å². The van der Waals surface area contributed by atoms with Crippen molar-refractivity contribution in [2.24, 2.45) is 0 Å². The van der Waals surface area contributed by atoms with Crippen LogP contribution in [-0.2, 0) is 20.1 Å². The molecule has 0 spiro atoms. The predicted octanol–water partition coefficient (Wildman–Crippen LogP) is 12.8. The Morgan fingerprint density at radius 3 is 1.98 bits per heavy atom. The molecule has 52 heavy (non-hydrogen) atoms. The molecule has 0 atom stereocenters. The summed E-state index contributed by atoms with van der Waals surface area (Å²) in [7, 11) is -1.39. The summed E-state index contributed by atoms with van der Waals surface area (Å²) in [5.41, 5.74) is 7.72. The zero-order chi connectivity index (χ0) is 37.3. The second-order valence-electron chi connectivity index (χ2n) is 14.2. The van der Waals surface area contributed by atoms with E-state index in [0.29, 0.717) is 11.6 Å². The van der Waals surface area contributed by atoms with E-state index in [0.717, 1.165) is 16.8 Å². The van der Waals surface area contributed by atoms with Gasteiger partial charge in [-0.2, -0.15) is 0 Å². The third-order valence-corrected chi connectivity index (χ3v) is 11.4. The van der Waals surface area contributed by atoms with Crippen LogP contribution in [0, 0.1) is 20.3 Å². The Morgan fingerprint density at radius 1 is 0.615 bits per heavy atom. The van der Waals surface area contributed by atoms with E-state index in [2.05, 4.69) is 142 Å². The van der Waals surface area contributed by atoms with E-state index >= 15 is 0 Å². The Bertz CT molecular complexity index is 2560. The Morgan fingerprint density at radius 2 is 1.29 bits per heavy atom. The molecule has 0 saturated carbocycles. The van der Waals surface area contributed by atoms with Crippen LogP contribution < -0.4 is 5.19 Å². The van der Waals surface area contributed by atoms with E-state index in [1.807, 2.05) is 36.4 Å². The molecule has 4 heteroatoms. The molecule has 0 saturated heterocycles. The second kappa shape index (κ2) is 16.3. The van der Waals surface area contributed by atoms with E-state index in [4.69, 9.17) is 9.10 Å². The van der Waals surface area contributed by atoms with Gasteiger partial charge in [-0.1, -0.05) is 159 Å². The van der Waals surface area contributed by atoms with Gasteiger partial charge in [-0.3, -0.25) is 4.98 Å². The summed E-state index contributed by atoms with van der Waals surface area (Å²) in [5, 5.41) is 8.98. The molecule has 1 radical (unpaired) electrons. The van der Waals surface area contributed by atoms with Gasteiger partial charge >= 0.3 is 0 Å². The van der Waals surface area contributed by atoms with Gasteiger partial charge in [0.25, 0.3) is 0 Å². The van der Waals surface area contributed by atoms with Crippen LogP contribution in [0.3, 0.4) is 0 Å². The van der Waals surface area contributed by atoms with Crippen molar-refractivity contribution in [2.45, 2.75) is 46.3 Å². The molecule has 263 valence electrons. The van der Waals surface area contributed by atoms with Crippen molar-refractivity contribution in [1.29, 1.82) is 0 Å². The number of hydrogen-bond acceptors (Lipinski definition) is 2. The van der Waals surface area contributed by atoms with Gasteiger partial charge in [-0.25, -0.2) is 0 Å². The molecule has 0 aliphatic carbocycles. The van der Waals surface area contributed by atoms with Crippen LogP contribution in [0.2, 0.25) is 19.6 Å². The molecule has 0 aliphatic rings. The summed E-state index contributed by atoms with van der Waals surface area (Å²) in [6.45, 7) is 9.47. The average molecular weight is 874 g/mol. The maximum Gasteiger partial charge on any atom is 0.0795 e. The molecule has 0 unspecified atom stereocenters. The Labute approximate surface area is 328 Å². The van der Waals surface area contributed by atoms with Gasteiger partial charge in [-0.05, 0) is 74.7 Å². The largest absolute Gasteiger partial charge is 0.358 e. The summed E-state index contributed by atoms with van der Waals surface area (Å²) in [4.78, 5) is 9.02. The van der Waals surface area contributed by atoms with Crippen LogP contribution in [0.5, 0.6) is 0 Å². The predicted molar refractivity (Wildman–Crippen MR) is 224 cm³/mol. The first-order chi connectivity index (χ1) is 25.4. The first-order valence-corrected chi connectivity index (χ1v) is 20.8. The molecule has 8 rings (SSSR count). The van der Waals surface area contributed by atoms with Crippen molar-refractivity contribution in [1.82, 2.24) is 9.97 Å². The number of hydrogen-bond donors (Lipinski definition) is 0. The molecule has 0 amide bonds. The molecular weight excluding hydrogens is 825 g/mol. The molecular formula is C48H46IrN2Si-2. The summed E-state index contributed by atoms with van der Waals surface area (Å²) in [6, 6.07) is 51.5. The van der Waals surface area contributed by atoms with Gasteiger partial charge in [-0.15, -0.1) is 23.8 Å². The number of rotatable bonds is 5. The van der Waals surface area contributed by atoms with Gasteiger partial charge in [0.2, 0.25) is 0 Å². The molecule has 0 bridgehead atoms. The topological polar surface area (TPSA) is 25.8 Å². The summed E-state index contributed by atoms with van der Waals surface area (Å²) >= 11 is 0. The second-order valence-corrected chi connectivity index (χ2v) is 19.3. The maximum atomic E-state index is 7.30. The fraction of sp³-hybridized carbons (Fsp3) is 0.146. The summed E-state index contributed by atoms with van der Waals surface area (Å²) < 4.78 is 21.9. The minimum atomic E-state index is -2.15. The third kappa shape index (κ3) is 8.00. The van der Waals surface area contributed by atoms with Crippen molar-refractivity contribution in [3.63, 3.8) is 0 Å². The van der Waals surface area contributed by atoms with Crippen molar-refractivity contribution in [2.75, 3.05) is 0 Å².